The summed E-state index contributed by atoms with van der Waals surface area (Å²) in [7, 11) is 0. The normalized spacial score (nSPS) is 29.0. The standard InChI is InChI=1S/C18H33N/c1-2-3-5-8-17-9-11-18(12-10-17)13-16-19-14-6-4-7-15-19/h13,16-18H,2-12,14-15H2,1H3/b16-13+/t17-,18-. The van der Waals surface area contributed by atoms with Crippen molar-refractivity contribution in [1.29, 1.82) is 0 Å². The zero-order valence-electron chi connectivity index (χ0n) is 12.9. The van der Waals surface area contributed by atoms with Crippen LogP contribution in [0.3, 0.4) is 0 Å². The van der Waals surface area contributed by atoms with Gasteiger partial charge in [0.2, 0.25) is 0 Å². The van der Waals surface area contributed by atoms with Crippen LogP contribution in [0.1, 0.15) is 77.6 Å². The van der Waals surface area contributed by atoms with Crippen LogP contribution < -0.4 is 0 Å². The maximum Gasteiger partial charge on any atom is 0.0172 e. The summed E-state index contributed by atoms with van der Waals surface area (Å²) in [5, 5.41) is 0. The topological polar surface area (TPSA) is 3.24 Å². The molecule has 2 rings (SSSR count). The second-order valence-electron chi connectivity index (χ2n) is 6.71. The van der Waals surface area contributed by atoms with Crippen LogP contribution in [0.5, 0.6) is 0 Å². The molecule has 1 nitrogen and oxygen atoms in total. The third-order valence-corrected chi connectivity index (χ3v) is 5.07. The van der Waals surface area contributed by atoms with Crippen LogP contribution in [0.2, 0.25) is 0 Å². The lowest BCUT2D eigenvalue weighted by atomic mass is 9.80. The number of likely N-dealkylation sites (tertiary alicyclic amines) is 1. The molecule has 0 aromatic rings. The van der Waals surface area contributed by atoms with E-state index in [1.165, 1.54) is 83.7 Å². The highest BCUT2D eigenvalue weighted by molar-refractivity contribution is 4.91. The Morgan fingerprint density at radius 1 is 0.947 bits per heavy atom. The quantitative estimate of drug-likeness (QED) is 0.582. The lowest BCUT2D eigenvalue weighted by Crippen LogP contribution is -2.24. The minimum Gasteiger partial charge on any atom is -0.378 e. The van der Waals surface area contributed by atoms with Crippen LogP contribution >= 0.6 is 0 Å². The Morgan fingerprint density at radius 3 is 2.37 bits per heavy atom. The Bertz CT molecular complexity index is 244. The number of hydrogen-bond donors (Lipinski definition) is 0. The van der Waals surface area contributed by atoms with Crippen molar-refractivity contribution in [2.75, 3.05) is 13.1 Å². The summed E-state index contributed by atoms with van der Waals surface area (Å²) in [6.07, 6.45) is 20.8. The molecule has 0 aromatic carbocycles. The molecule has 0 amide bonds. The van der Waals surface area contributed by atoms with Gasteiger partial charge >= 0.3 is 0 Å². The highest BCUT2D eigenvalue weighted by Crippen LogP contribution is 2.32. The molecule has 0 unspecified atom stereocenters. The first-order valence-corrected chi connectivity index (χ1v) is 8.81. The van der Waals surface area contributed by atoms with Gasteiger partial charge in [0.05, 0.1) is 0 Å². The Morgan fingerprint density at radius 2 is 1.68 bits per heavy atom. The average molecular weight is 263 g/mol. The molecule has 1 heterocycles. The van der Waals surface area contributed by atoms with Gasteiger partial charge in [0.25, 0.3) is 0 Å². The molecule has 0 N–H and O–H groups in total. The second-order valence-corrected chi connectivity index (χ2v) is 6.71. The van der Waals surface area contributed by atoms with Crippen molar-refractivity contribution in [3.63, 3.8) is 0 Å². The molecule has 1 aliphatic carbocycles. The van der Waals surface area contributed by atoms with Crippen LogP contribution in [-0.2, 0) is 0 Å². The Balaban J connectivity index is 1.61. The van der Waals surface area contributed by atoms with E-state index < -0.39 is 0 Å². The van der Waals surface area contributed by atoms with E-state index in [0.717, 1.165) is 11.8 Å². The highest BCUT2D eigenvalue weighted by atomic mass is 15.1. The van der Waals surface area contributed by atoms with Crippen LogP contribution in [0.25, 0.3) is 0 Å². The number of allylic oxidation sites excluding steroid dienone is 1. The van der Waals surface area contributed by atoms with E-state index in [4.69, 9.17) is 0 Å². The number of unbranched alkanes of at least 4 members (excludes halogenated alkanes) is 2. The van der Waals surface area contributed by atoms with Gasteiger partial charge in [-0.1, -0.05) is 38.7 Å². The van der Waals surface area contributed by atoms with Crippen molar-refractivity contribution in [3.05, 3.63) is 12.3 Å². The fourth-order valence-corrected chi connectivity index (χ4v) is 3.66. The maximum absolute atomic E-state index is 2.54. The molecule has 1 saturated heterocycles. The molecular formula is C18H33N. The van der Waals surface area contributed by atoms with E-state index in [1.807, 2.05) is 0 Å². The van der Waals surface area contributed by atoms with Crippen molar-refractivity contribution in [2.24, 2.45) is 11.8 Å². The van der Waals surface area contributed by atoms with Gasteiger partial charge in [-0.05, 0) is 63.0 Å². The Hall–Kier alpha value is -0.460. The fourth-order valence-electron chi connectivity index (χ4n) is 3.66. The van der Waals surface area contributed by atoms with E-state index >= 15 is 0 Å². The lowest BCUT2D eigenvalue weighted by molar-refractivity contribution is 0.280. The van der Waals surface area contributed by atoms with Crippen molar-refractivity contribution in [3.8, 4) is 0 Å². The van der Waals surface area contributed by atoms with Crippen LogP contribution in [0.15, 0.2) is 12.3 Å². The fraction of sp³-hybridized carbons (Fsp3) is 0.889. The maximum atomic E-state index is 2.54. The van der Waals surface area contributed by atoms with E-state index in [0.29, 0.717) is 0 Å². The summed E-state index contributed by atoms with van der Waals surface area (Å²) < 4.78 is 0. The predicted octanol–water partition coefficient (Wildman–Crippen LogP) is 5.37. The van der Waals surface area contributed by atoms with Crippen molar-refractivity contribution in [2.45, 2.75) is 77.6 Å². The van der Waals surface area contributed by atoms with Gasteiger partial charge in [0.15, 0.2) is 0 Å². The van der Waals surface area contributed by atoms with Crippen LogP contribution in [-0.4, -0.2) is 18.0 Å². The number of rotatable bonds is 6. The minimum atomic E-state index is 0.879. The number of nitrogens with zero attached hydrogens (tertiary/aromatic N) is 1. The predicted molar refractivity (Wildman–Crippen MR) is 84.2 cm³/mol. The summed E-state index contributed by atoms with van der Waals surface area (Å²) in [5.41, 5.74) is 0. The monoisotopic (exact) mass is 263 g/mol. The van der Waals surface area contributed by atoms with Crippen LogP contribution in [0, 0.1) is 11.8 Å². The van der Waals surface area contributed by atoms with Gasteiger partial charge in [-0.2, -0.15) is 0 Å². The molecule has 2 fully saturated rings. The van der Waals surface area contributed by atoms with Gasteiger partial charge in [-0.3, -0.25) is 0 Å². The summed E-state index contributed by atoms with van der Waals surface area (Å²) in [6, 6.07) is 0. The highest BCUT2D eigenvalue weighted by Gasteiger charge is 2.19. The SMILES string of the molecule is CCCCC[C@H]1CC[C@H](/C=C/N2CCCCC2)CC1. The Labute approximate surface area is 120 Å². The second kappa shape index (κ2) is 8.66. The molecular weight excluding hydrogens is 230 g/mol. The third-order valence-electron chi connectivity index (χ3n) is 5.07. The minimum absolute atomic E-state index is 0.879. The molecule has 19 heavy (non-hydrogen) atoms. The number of hydrogen-bond acceptors (Lipinski definition) is 1. The largest absolute Gasteiger partial charge is 0.378 e. The van der Waals surface area contributed by atoms with E-state index in [-0.39, 0.29) is 0 Å². The van der Waals surface area contributed by atoms with E-state index in [2.05, 4.69) is 24.1 Å². The van der Waals surface area contributed by atoms with Gasteiger partial charge < -0.3 is 4.90 Å². The molecule has 2 aliphatic rings. The summed E-state index contributed by atoms with van der Waals surface area (Å²) in [4.78, 5) is 2.54. The van der Waals surface area contributed by atoms with Gasteiger partial charge in [0.1, 0.15) is 0 Å². The van der Waals surface area contributed by atoms with Crippen LogP contribution in [0.4, 0.5) is 0 Å². The summed E-state index contributed by atoms with van der Waals surface area (Å²) in [6.45, 7) is 4.90. The van der Waals surface area contributed by atoms with Crippen molar-refractivity contribution >= 4 is 0 Å². The smallest absolute Gasteiger partial charge is 0.0172 e. The molecule has 1 saturated carbocycles. The Kier molecular flexibility index (Phi) is 6.81. The average Bonchev–Trinajstić information content (AvgIpc) is 2.48. The van der Waals surface area contributed by atoms with Crippen molar-refractivity contribution in [1.82, 2.24) is 4.90 Å². The first kappa shape index (κ1) is 14.9. The lowest BCUT2D eigenvalue weighted by Gasteiger charge is -2.29. The van der Waals surface area contributed by atoms with Crippen molar-refractivity contribution < 1.29 is 0 Å². The van der Waals surface area contributed by atoms with E-state index in [9.17, 15) is 0 Å². The molecule has 1 aliphatic heterocycles. The first-order valence-electron chi connectivity index (χ1n) is 8.81. The first-order chi connectivity index (χ1) is 9.38. The molecule has 0 bridgehead atoms. The summed E-state index contributed by atoms with van der Waals surface area (Å²) >= 11 is 0. The summed E-state index contributed by atoms with van der Waals surface area (Å²) in [5.74, 6) is 1.93. The molecule has 1 heteroatoms. The van der Waals surface area contributed by atoms with Gasteiger partial charge in [-0.15, -0.1) is 0 Å². The third kappa shape index (κ3) is 5.58. The van der Waals surface area contributed by atoms with E-state index in [1.54, 1.807) is 0 Å². The zero-order valence-corrected chi connectivity index (χ0v) is 12.9. The number of piperidine rings is 1. The van der Waals surface area contributed by atoms with Gasteiger partial charge in [0, 0.05) is 13.1 Å². The molecule has 0 radical (unpaired) electrons. The molecule has 0 spiro atoms. The molecule has 0 atom stereocenters. The van der Waals surface area contributed by atoms with Gasteiger partial charge in [-0.25, -0.2) is 0 Å². The zero-order chi connectivity index (χ0) is 13.3. The molecule has 110 valence electrons. The molecule has 0 aromatic heterocycles.